The van der Waals surface area contributed by atoms with Crippen LogP contribution >= 0.6 is 11.6 Å². The van der Waals surface area contributed by atoms with Crippen molar-refractivity contribution in [2.75, 3.05) is 0 Å². The molecule has 0 fully saturated rings. The molecule has 0 rings (SSSR count). The summed E-state index contributed by atoms with van der Waals surface area (Å²) in [6.07, 6.45) is 4.15. The Kier molecular flexibility index (Phi) is 5.61. The zero-order valence-electron chi connectivity index (χ0n) is 10.8. The minimum absolute atomic E-state index is 0.135. The number of allylic oxidation sites excluding steroid dienone is 3. The summed E-state index contributed by atoms with van der Waals surface area (Å²) in [5.41, 5.74) is 7.49. The SMILES string of the molecule is CC(=C/C(C)C(N)C(C)(C)C)/C=C(\C)Cl. The molecule has 0 aliphatic carbocycles. The maximum atomic E-state index is 6.18. The average Bonchev–Trinajstić information content (AvgIpc) is 1.99. The van der Waals surface area contributed by atoms with Gasteiger partial charge in [0.1, 0.15) is 0 Å². The molecule has 88 valence electrons. The maximum absolute atomic E-state index is 6.18. The Labute approximate surface area is 99.4 Å². The largest absolute Gasteiger partial charge is 0.327 e. The van der Waals surface area contributed by atoms with Crippen molar-refractivity contribution in [1.29, 1.82) is 0 Å². The summed E-state index contributed by atoms with van der Waals surface area (Å²) in [6, 6.07) is 0.163. The number of halogens is 1. The lowest BCUT2D eigenvalue weighted by atomic mass is 9.80. The summed E-state index contributed by atoms with van der Waals surface area (Å²) in [5.74, 6) is 0.359. The van der Waals surface area contributed by atoms with Gasteiger partial charge in [-0.25, -0.2) is 0 Å². The van der Waals surface area contributed by atoms with E-state index in [1.165, 1.54) is 5.57 Å². The zero-order valence-corrected chi connectivity index (χ0v) is 11.5. The zero-order chi connectivity index (χ0) is 12.2. The Bertz CT molecular complexity index is 254. The fourth-order valence-corrected chi connectivity index (χ4v) is 1.84. The first-order valence-electron chi connectivity index (χ1n) is 5.42. The molecule has 0 bridgehead atoms. The van der Waals surface area contributed by atoms with Gasteiger partial charge < -0.3 is 5.73 Å². The second-order valence-electron chi connectivity index (χ2n) is 5.39. The fraction of sp³-hybridized carbons (Fsp3) is 0.692. The molecule has 15 heavy (non-hydrogen) atoms. The molecule has 0 aliphatic heterocycles. The molecular weight excluding hydrogens is 206 g/mol. The molecule has 0 saturated heterocycles. The third-order valence-corrected chi connectivity index (χ3v) is 2.63. The molecule has 0 saturated carbocycles. The highest BCUT2D eigenvalue weighted by Crippen LogP contribution is 2.24. The maximum Gasteiger partial charge on any atom is 0.0152 e. The van der Waals surface area contributed by atoms with Crippen molar-refractivity contribution in [2.24, 2.45) is 17.1 Å². The summed E-state index contributed by atoms with van der Waals surface area (Å²) in [5, 5.41) is 0.806. The van der Waals surface area contributed by atoms with E-state index in [2.05, 4.69) is 40.7 Å². The number of hydrogen-bond donors (Lipinski definition) is 1. The Hall–Kier alpha value is -0.270. The molecular formula is C13H24ClN. The molecule has 0 radical (unpaired) electrons. The van der Waals surface area contributed by atoms with E-state index < -0.39 is 0 Å². The van der Waals surface area contributed by atoms with Crippen molar-refractivity contribution in [3.05, 3.63) is 22.8 Å². The summed E-state index contributed by atoms with van der Waals surface area (Å²) < 4.78 is 0. The first-order chi connectivity index (χ1) is 6.64. The van der Waals surface area contributed by atoms with Crippen LogP contribution in [0.4, 0.5) is 0 Å². The van der Waals surface area contributed by atoms with E-state index in [0.717, 1.165) is 5.03 Å². The number of rotatable bonds is 3. The van der Waals surface area contributed by atoms with Crippen LogP contribution in [0.2, 0.25) is 0 Å². The van der Waals surface area contributed by atoms with Crippen molar-refractivity contribution >= 4 is 11.6 Å². The second-order valence-corrected chi connectivity index (χ2v) is 5.99. The predicted octanol–water partition coefficient (Wildman–Crippen LogP) is 4.08. The van der Waals surface area contributed by atoms with Gasteiger partial charge in [-0.05, 0) is 31.3 Å². The van der Waals surface area contributed by atoms with Crippen LogP contribution in [0.15, 0.2) is 22.8 Å². The standard InChI is InChI=1S/C13H24ClN/c1-9(8-11(3)14)7-10(2)12(15)13(4,5)6/h7-8,10,12H,15H2,1-6H3/b9-7-,11-8+. The molecule has 0 aromatic heterocycles. The smallest absolute Gasteiger partial charge is 0.0152 e. The highest BCUT2D eigenvalue weighted by atomic mass is 35.5. The molecule has 2 unspecified atom stereocenters. The van der Waals surface area contributed by atoms with Crippen LogP contribution in [0.3, 0.4) is 0 Å². The van der Waals surface area contributed by atoms with Gasteiger partial charge in [0.15, 0.2) is 0 Å². The Morgan fingerprint density at radius 2 is 1.73 bits per heavy atom. The van der Waals surface area contributed by atoms with Crippen molar-refractivity contribution in [3.8, 4) is 0 Å². The Balaban J connectivity index is 4.61. The molecule has 0 aromatic carbocycles. The van der Waals surface area contributed by atoms with Crippen LogP contribution in [0, 0.1) is 11.3 Å². The highest BCUT2D eigenvalue weighted by Gasteiger charge is 2.24. The van der Waals surface area contributed by atoms with Gasteiger partial charge in [-0.1, -0.05) is 50.9 Å². The van der Waals surface area contributed by atoms with Crippen LogP contribution in [0.25, 0.3) is 0 Å². The monoisotopic (exact) mass is 229 g/mol. The van der Waals surface area contributed by atoms with Crippen LogP contribution < -0.4 is 5.73 Å². The second kappa shape index (κ2) is 5.72. The first-order valence-corrected chi connectivity index (χ1v) is 5.80. The lowest BCUT2D eigenvalue weighted by molar-refractivity contribution is 0.275. The summed E-state index contributed by atoms with van der Waals surface area (Å²) in [6.45, 7) is 12.6. The van der Waals surface area contributed by atoms with E-state index in [0.29, 0.717) is 5.92 Å². The molecule has 1 nitrogen and oxygen atoms in total. The third kappa shape index (κ3) is 6.01. The van der Waals surface area contributed by atoms with Crippen molar-refractivity contribution in [2.45, 2.75) is 47.6 Å². The number of nitrogens with two attached hydrogens (primary N) is 1. The van der Waals surface area contributed by atoms with Gasteiger partial charge >= 0.3 is 0 Å². The predicted molar refractivity (Wildman–Crippen MR) is 70.0 cm³/mol. The van der Waals surface area contributed by atoms with Crippen LogP contribution in [-0.2, 0) is 0 Å². The lowest BCUT2D eigenvalue weighted by Crippen LogP contribution is -2.39. The van der Waals surface area contributed by atoms with E-state index in [1.807, 2.05) is 13.0 Å². The molecule has 0 amide bonds. The molecule has 0 spiro atoms. The Morgan fingerprint density at radius 3 is 2.07 bits per heavy atom. The molecule has 2 heteroatoms. The van der Waals surface area contributed by atoms with E-state index in [1.54, 1.807) is 0 Å². The van der Waals surface area contributed by atoms with Crippen LogP contribution in [-0.4, -0.2) is 6.04 Å². The summed E-state index contributed by atoms with van der Waals surface area (Å²) in [7, 11) is 0. The van der Waals surface area contributed by atoms with Crippen molar-refractivity contribution < 1.29 is 0 Å². The van der Waals surface area contributed by atoms with Gasteiger partial charge in [-0.3, -0.25) is 0 Å². The van der Waals surface area contributed by atoms with Gasteiger partial charge in [0.2, 0.25) is 0 Å². The molecule has 2 N–H and O–H groups in total. The van der Waals surface area contributed by atoms with E-state index in [4.69, 9.17) is 17.3 Å². The van der Waals surface area contributed by atoms with Crippen molar-refractivity contribution in [3.63, 3.8) is 0 Å². The quantitative estimate of drug-likeness (QED) is 0.725. The minimum atomic E-state index is 0.135. The average molecular weight is 230 g/mol. The normalized spacial score (nSPS) is 18.9. The first kappa shape index (κ1) is 14.7. The van der Waals surface area contributed by atoms with Gasteiger partial charge in [0.05, 0.1) is 0 Å². The van der Waals surface area contributed by atoms with Gasteiger partial charge in [-0.15, -0.1) is 0 Å². The lowest BCUT2D eigenvalue weighted by Gasteiger charge is -2.31. The topological polar surface area (TPSA) is 26.0 Å². The van der Waals surface area contributed by atoms with Gasteiger partial charge in [-0.2, -0.15) is 0 Å². The third-order valence-electron chi connectivity index (χ3n) is 2.52. The molecule has 0 aromatic rings. The van der Waals surface area contributed by atoms with Gasteiger partial charge in [0.25, 0.3) is 0 Å². The van der Waals surface area contributed by atoms with Crippen molar-refractivity contribution in [1.82, 2.24) is 0 Å². The highest BCUT2D eigenvalue weighted by molar-refractivity contribution is 6.29. The Morgan fingerprint density at radius 1 is 1.27 bits per heavy atom. The molecule has 0 aliphatic rings. The van der Waals surface area contributed by atoms with Crippen LogP contribution in [0.1, 0.15) is 41.5 Å². The van der Waals surface area contributed by atoms with E-state index >= 15 is 0 Å². The van der Waals surface area contributed by atoms with Crippen LogP contribution in [0.5, 0.6) is 0 Å². The van der Waals surface area contributed by atoms with Gasteiger partial charge in [0, 0.05) is 11.1 Å². The van der Waals surface area contributed by atoms with E-state index in [9.17, 15) is 0 Å². The number of hydrogen-bond acceptors (Lipinski definition) is 1. The fourth-order valence-electron chi connectivity index (χ4n) is 1.67. The molecule has 2 atom stereocenters. The molecule has 0 heterocycles. The summed E-state index contributed by atoms with van der Waals surface area (Å²) in [4.78, 5) is 0. The minimum Gasteiger partial charge on any atom is -0.327 e. The van der Waals surface area contributed by atoms with E-state index in [-0.39, 0.29) is 11.5 Å². The summed E-state index contributed by atoms with van der Waals surface area (Å²) >= 11 is 5.81.